The maximum atomic E-state index is 6.17. The molecule has 1 fully saturated rings. The summed E-state index contributed by atoms with van der Waals surface area (Å²) in [7, 11) is 0. The highest BCUT2D eigenvalue weighted by Crippen LogP contribution is 2.43. The van der Waals surface area contributed by atoms with Crippen LogP contribution >= 0.6 is 11.6 Å². The number of halogens is 1. The summed E-state index contributed by atoms with van der Waals surface area (Å²) in [6.45, 7) is 4.16. The van der Waals surface area contributed by atoms with Crippen LogP contribution in [0.15, 0.2) is 12.3 Å². The van der Waals surface area contributed by atoms with E-state index in [2.05, 4.69) is 22.8 Å². The fraction of sp³-hybridized carbons (Fsp3) is 0.467. The molecule has 2 aromatic rings. The molecular formula is C15H17ClN4O. The number of ether oxygens (including phenoxy) is 1. The highest BCUT2D eigenvalue weighted by atomic mass is 35.5. The second-order valence-corrected chi connectivity index (χ2v) is 5.77. The molecule has 0 radical (unpaired) electrons. The Morgan fingerprint density at radius 2 is 2.38 bits per heavy atom. The molecule has 3 atom stereocenters. The van der Waals surface area contributed by atoms with Crippen LogP contribution in [0.4, 0.5) is 5.82 Å². The van der Waals surface area contributed by atoms with E-state index in [1.165, 1.54) is 0 Å². The van der Waals surface area contributed by atoms with Crippen molar-refractivity contribution in [1.82, 2.24) is 14.5 Å². The molecule has 0 aliphatic carbocycles. The molecule has 0 amide bonds. The lowest BCUT2D eigenvalue weighted by Crippen LogP contribution is -2.31. The number of anilines is 1. The summed E-state index contributed by atoms with van der Waals surface area (Å²) in [4.78, 5) is 8.23. The summed E-state index contributed by atoms with van der Waals surface area (Å²) >= 11 is 5.91. The Morgan fingerprint density at radius 3 is 3.00 bits per heavy atom. The summed E-state index contributed by atoms with van der Waals surface area (Å²) in [5.41, 5.74) is 6.03. The minimum atomic E-state index is -0.524. The van der Waals surface area contributed by atoms with E-state index in [4.69, 9.17) is 28.5 Å². The average molecular weight is 305 g/mol. The molecule has 5 nitrogen and oxygen atoms in total. The van der Waals surface area contributed by atoms with Gasteiger partial charge in [0.25, 0.3) is 0 Å². The van der Waals surface area contributed by atoms with E-state index in [0.717, 1.165) is 18.2 Å². The van der Waals surface area contributed by atoms with E-state index >= 15 is 0 Å². The molecule has 3 rings (SSSR count). The number of aromatic nitrogens is 3. The molecule has 3 heterocycles. The van der Waals surface area contributed by atoms with E-state index in [9.17, 15) is 0 Å². The standard InChI is InChI=1S/C15H17ClN4O/c1-4-15(5-2)9(3)8-11(21-15)20-7-6-10-12(17)18-14(16)19-13(10)20/h1,6-7,9,11H,5,8H2,2-3H3,(H2,17,18,19)/t9-,11+,15+/m0/s1. The van der Waals surface area contributed by atoms with E-state index in [0.29, 0.717) is 11.5 Å². The third kappa shape index (κ3) is 2.06. The van der Waals surface area contributed by atoms with Gasteiger partial charge in [-0.2, -0.15) is 4.98 Å². The molecule has 2 aromatic heterocycles. The van der Waals surface area contributed by atoms with Gasteiger partial charge in [0.1, 0.15) is 23.3 Å². The molecule has 0 bridgehead atoms. The quantitative estimate of drug-likeness (QED) is 0.684. The van der Waals surface area contributed by atoms with Crippen molar-refractivity contribution < 1.29 is 4.74 Å². The van der Waals surface area contributed by atoms with E-state index in [1.807, 2.05) is 23.8 Å². The van der Waals surface area contributed by atoms with Crippen LogP contribution in [-0.2, 0) is 4.74 Å². The monoisotopic (exact) mass is 304 g/mol. The minimum absolute atomic E-state index is 0.129. The Kier molecular flexibility index (Phi) is 3.31. The Balaban J connectivity index is 2.05. The van der Waals surface area contributed by atoms with E-state index in [-0.39, 0.29) is 17.4 Å². The molecule has 0 unspecified atom stereocenters. The van der Waals surface area contributed by atoms with Crippen molar-refractivity contribution in [2.75, 3.05) is 5.73 Å². The molecule has 1 aliphatic rings. The third-order valence-electron chi connectivity index (χ3n) is 4.35. The number of nitrogens with two attached hydrogens (primary N) is 1. The van der Waals surface area contributed by atoms with E-state index in [1.54, 1.807) is 0 Å². The number of fused-ring (bicyclic) bond motifs is 1. The zero-order valence-electron chi connectivity index (χ0n) is 12.0. The molecule has 0 saturated carbocycles. The predicted molar refractivity (Wildman–Crippen MR) is 82.7 cm³/mol. The molecule has 6 heteroatoms. The molecule has 0 spiro atoms. The first-order chi connectivity index (χ1) is 10.0. The van der Waals surface area contributed by atoms with Crippen molar-refractivity contribution in [3.63, 3.8) is 0 Å². The Hall–Kier alpha value is -1.77. The number of terminal acetylenes is 1. The van der Waals surface area contributed by atoms with Gasteiger partial charge in [-0.1, -0.05) is 19.8 Å². The fourth-order valence-electron chi connectivity index (χ4n) is 3.04. The SMILES string of the molecule is C#C[C@]1(CC)O[C@@H](n2ccc3c(N)nc(Cl)nc32)C[C@@H]1C. The molecular weight excluding hydrogens is 288 g/mol. The first kappa shape index (κ1) is 14.2. The summed E-state index contributed by atoms with van der Waals surface area (Å²) < 4.78 is 8.11. The molecule has 1 aliphatic heterocycles. The summed E-state index contributed by atoms with van der Waals surface area (Å²) in [5, 5.41) is 0.898. The van der Waals surface area contributed by atoms with Crippen LogP contribution in [0.5, 0.6) is 0 Å². The van der Waals surface area contributed by atoms with Gasteiger partial charge in [-0.25, -0.2) is 4.98 Å². The average Bonchev–Trinajstić information content (AvgIpc) is 3.00. The van der Waals surface area contributed by atoms with Crippen LogP contribution in [-0.4, -0.2) is 20.1 Å². The van der Waals surface area contributed by atoms with Crippen LogP contribution in [0, 0.1) is 18.3 Å². The lowest BCUT2D eigenvalue weighted by atomic mass is 9.87. The topological polar surface area (TPSA) is 66.0 Å². The van der Waals surface area contributed by atoms with Crippen LogP contribution in [0.1, 0.15) is 32.9 Å². The second kappa shape index (κ2) is 4.90. The summed E-state index contributed by atoms with van der Waals surface area (Å²) in [6, 6.07) is 1.87. The van der Waals surface area contributed by atoms with Gasteiger partial charge in [0.05, 0.1) is 5.39 Å². The van der Waals surface area contributed by atoms with Gasteiger partial charge in [-0.15, -0.1) is 6.42 Å². The first-order valence-electron chi connectivity index (χ1n) is 6.96. The number of hydrogen-bond donors (Lipinski definition) is 1. The number of nitrogen functional groups attached to an aromatic ring is 1. The fourth-order valence-corrected chi connectivity index (χ4v) is 3.21. The predicted octanol–water partition coefficient (Wildman–Crippen LogP) is 3.00. The van der Waals surface area contributed by atoms with Crippen molar-refractivity contribution in [2.24, 2.45) is 5.92 Å². The Labute approximate surface area is 128 Å². The second-order valence-electron chi connectivity index (χ2n) is 5.43. The zero-order valence-corrected chi connectivity index (χ0v) is 12.8. The Morgan fingerprint density at radius 1 is 1.62 bits per heavy atom. The minimum Gasteiger partial charge on any atom is -0.383 e. The van der Waals surface area contributed by atoms with Gasteiger partial charge in [-0.3, -0.25) is 0 Å². The van der Waals surface area contributed by atoms with Crippen molar-refractivity contribution >= 4 is 28.5 Å². The van der Waals surface area contributed by atoms with Crippen molar-refractivity contribution in [2.45, 2.75) is 38.5 Å². The van der Waals surface area contributed by atoms with Gasteiger partial charge in [0, 0.05) is 12.1 Å². The van der Waals surface area contributed by atoms with Gasteiger partial charge in [0.15, 0.2) is 0 Å². The number of rotatable bonds is 2. The van der Waals surface area contributed by atoms with Crippen molar-refractivity contribution in [3.8, 4) is 12.3 Å². The maximum absolute atomic E-state index is 6.17. The highest BCUT2D eigenvalue weighted by molar-refractivity contribution is 6.28. The van der Waals surface area contributed by atoms with Crippen molar-refractivity contribution in [1.29, 1.82) is 0 Å². The molecule has 1 saturated heterocycles. The van der Waals surface area contributed by atoms with Crippen molar-refractivity contribution in [3.05, 3.63) is 17.5 Å². The molecule has 2 N–H and O–H groups in total. The van der Waals surface area contributed by atoms with Gasteiger partial charge < -0.3 is 15.0 Å². The summed E-state index contributed by atoms with van der Waals surface area (Å²) in [5.74, 6) is 3.46. The number of hydrogen-bond acceptors (Lipinski definition) is 4. The van der Waals surface area contributed by atoms with Crippen LogP contribution < -0.4 is 5.73 Å². The van der Waals surface area contributed by atoms with Gasteiger partial charge in [0.2, 0.25) is 5.28 Å². The molecule has 110 valence electrons. The van der Waals surface area contributed by atoms with Crippen LogP contribution in [0.3, 0.4) is 0 Å². The number of nitrogens with zero attached hydrogens (tertiary/aromatic N) is 3. The lowest BCUT2D eigenvalue weighted by Gasteiger charge is -2.26. The maximum Gasteiger partial charge on any atom is 0.226 e. The van der Waals surface area contributed by atoms with Crippen LogP contribution in [0.2, 0.25) is 5.28 Å². The van der Waals surface area contributed by atoms with Gasteiger partial charge in [-0.05, 0) is 30.5 Å². The third-order valence-corrected chi connectivity index (χ3v) is 4.52. The highest BCUT2D eigenvalue weighted by Gasteiger charge is 2.44. The van der Waals surface area contributed by atoms with Gasteiger partial charge >= 0.3 is 0 Å². The lowest BCUT2D eigenvalue weighted by molar-refractivity contribution is -0.0462. The van der Waals surface area contributed by atoms with E-state index < -0.39 is 5.60 Å². The largest absolute Gasteiger partial charge is 0.383 e. The molecule has 0 aromatic carbocycles. The smallest absolute Gasteiger partial charge is 0.226 e. The summed E-state index contributed by atoms with van der Waals surface area (Å²) in [6.07, 6.45) is 9.02. The first-order valence-corrected chi connectivity index (χ1v) is 7.33. The van der Waals surface area contributed by atoms with Crippen LogP contribution in [0.25, 0.3) is 11.0 Å². The normalized spacial score (nSPS) is 28.9. The zero-order chi connectivity index (χ0) is 15.2. The Bertz CT molecular complexity index is 735. The molecule has 21 heavy (non-hydrogen) atoms.